The molecular weight excluding hydrogens is 684 g/mol. The molecule has 1 fully saturated rings. The molecule has 1 atom stereocenters. The van der Waals surface area contributed by atoms with Crippen LogP contribution in [-0.2, 0) is 9.47 Å². The summed E-state index contributed by atoms with van der Waals surface area (Å²) in [6.45, 7) is 8.05. The zero-order valence-electron chi connectivity index (χ0n) is 22.6. The van der Waals surface area contributed by atoms with Gasteiger partial charge in [-0.2, -0.15) is 10.2 Å². The van der Waals surface area contributed by atoms with Crippen LogP contribution in [0.15, 0.2) is 24.3 Å². The topological polar surface area (TPSA) is 121 Å². The van der Waals surface area contributed by atoms with Crippen LogP contribution in [0.25, 0.3) is 32.1 Å². The van der Waals surface area contributed by atoms with E-state index in [-0.39, 0.29) is 35.1 Å². The van der Waals surface area contributed by atoms with E-state index in [9.17, 15) is 15.2 Å². The lowest BCUT2D eigenvalue weighted by Crippen LogP contribution is -2.42. The molecule has 214 valence electrons. The molecule has 3 heterocycles. The van der Waals surface area contributed by atoms with Crippen molar-refractivity contribution < 1.29 is 23.8 Å². The van der Waals surface area contributed by atoms with Gasteiger partial charge in [0, 0.05) is 31.2 Å². The molecule has 1 amide bonds. The second-order valence-electron chi connectivity index (χ2n) is 11.0. The number of aliphatic hydroxyl groups is 1. The first-order chi connectivity index (χ1) is 19.3. The third kappa shape index (κ3) is 6.05. The number of rotatable bonds is 3. The van der Waals surface area contributed by atoms with Gasteiger partial charge in [0.25, 0.3) is 0 Å². The largest absolute Gasteiger partial charge is 0.444 e. The first-order valence-corrected chi connectivity index (χ1v) is 14.9. The number of nitriles is 1. The fourth-order valence-corrected chi connectivity index (χ4v) is 6.84. The Hall–Kier alpha value is -2.83. The van der Waals surface area contributed by atoms with Crippen molar-refractivity contribution in [3.05, 3.63) is 44.5 Å². The van der Waals surface area contributed by atoms with Gasteiger partial charge in [0.1, 0.15) is 33.6 Å². The molecule has 41 heavy (non-hydrogen) atoms. The molecule has 2 N–H and O–H groups in total. The fourth-order valence-electron chi connectivity index (χ4n) is 4.77. The predicted molar refractivity (Wildman–Crippen MR) is 166 cm³/mol. The van der Waals surface area contributed by atoms with Crippen LogP contribution < -0.4 is 10.2 Å². The van der Waals surface area contributed by atoms with Crippen LogP contribution in [0, 0.1) is 20.7 Å². The number of hydrogen-bond acceptors (Lipinski definition) is 9. The minimum absolute atomic E-state index is 0.0121. The van der Waals surface area contributed by atoms with Crippen molar-refractivity contribution in [1.82, 2.24) is 9.97 Å². The number of anilines is 2. The number of fused-ring (bicyclic) bond motifs is 2. The predicted octanol–water partition coefficient (Wildman–Crippen LogP) is 6.71. The van der Waals surface area contributed by atoms with Gasteiger partial charge < -0.3 is 19.5 Å². The Bertz CT molecular complexity index is 1730. The first kappa shape index (κ1) is 29.7. The molecule has 1 unspecified atom stereocenters. The van der Waals surface area contributed by atoms with Gasteiger partial charge in [-0.3, -0.25) is 5.32 Å². The van der Waals surface area contributed by atoms with E-state index in [1.807, 2.05) is 4.90 Å². The number of hydrogen-bond donors (Lipinski definition) is 2. The molecule has 0 bridgehead atoms. The molecule has 1 saturated heterocycles. The molecule has 13 heteroatoms. The molecule has 2 aromatic carbocycles. The van der Waals surface area contributed by atoms with E-state index in [2.05, 4.69) is 43.9 Å². The summed E-state index contributed by atoms with van der Waals surface area (Å²) in [5.74, 6) is -0.232. The monoisotopic (exact) mass is 709 g/mol. The Balaban J connectivity index is 1.68. The van der Waals surface area contributed by atoms with Crippen LogP contribution in [0.4, 0.5) is 20.0 Å². The third-order valence-corrected chi connectivity index (χ3v) is 8.39. The van der Waals surface area contributed by atoms with Gasteiger partial charge in [-0.15, -0.1) is 11.3 Å². The summed E-state index contributed by atoms with van der Waals surface area (Å²) in [6.07, 6.45) is -0.690. The number of nitrogens with zero attached hydrogens (tertiary/aromatic N) is 4. The average Bonchev–Trinajstić information content (AvgIpc) is 3.11. The second kappa shape index (κ2) is 11.1. The normalized spacial score (nSPS) is 17.9. The van der Waals surface area contributed by atoms with Crippen molar-refractivity contribution in [1.29, 1.82) is 5.26 Å². The van der Waals surface area contributed by atoms with Crippen molar-refractivity contribution in [3.8, 4) is 17.2 Å². The summed E-state index contributed by atoms with van der Waals surface area (Å²) in [4.78, 5) is 22.9. The number of aromatic nitrogens is 2. The number of ether oxygens (including phenoxy) is 2. The molecule has 2 aromatic heterocycles. The van der Waals surface area contributed by atoms with Crippen molar-refractivity contribution in [2.45, 2.75) is 38.9 Å². The van der Waals surface area contributed by atoms with Crippen LogP contribution in [0.1, 0.15) is 33.3 Å². The van der Waals surface area contributed by atoms with E-state index < -0.39 is 23.1 Å². The first-order valence-electron chi connectivity index (χ1n) is 12.6. The maximum absolute atomic E-state index is 16.5. The van der Waals surface area contributed by atoms with Crippen molar-refractivity contribution in [2.75, 3.05) is 36.5 Å². The van der Waals surface area contributed by atoms with Crippen LogP contribution >= 0.6 is 45.5 Å². The number of halogens is 3. The molecule has 0 radical (unpaired) electrons. The molecule has 9 nitrogen and oxygen atoms in total. The number of β-amino-alcohol motifs (C(OH)–C–C–N with tert-alkyl or cyclic N) is 1. The maximum Gasteiger partial charge on any atom is 0.412 e. The molecule has 4 aromatic rings. The molecule has 1 aliphatic heterocycles. The molecule has 0 aliphatic carbocycles. The average molecular weight is 710 g/mol. The van der Waals surface area contributed by atoms with Crippen LogP contribution in [-0.4, -0.2) is 58.7 Å². The minimum Gasteiger partial charge on any atom is -0.444 e. The summed E-state index contributed by atoms with van der Waals surface area (Å²) in [5, 5.41) is 24.6. The van der Waals surface area contributed by atoms with Gasteiger partial charge in [0.2, 0.25) is 5.28 Å². The van der Waals surface area contributed by atoms with E-state index in [1.54, 1.807) is 52.0 Å². The SMILES string of the molecule is CC1(O)COCCN(c2nc(Cl)nc3c(F)c(-c4cccc5sc(NC(=O)OC(C)(C)C)c(C#N)c45)c(I)cc23)C1. The lowest BCUT2D eigenvalue weighted by molar-refractivity contribution is -0.0123. The highest BCUT2D eigenvalue weighted by atomic mass is 127. The Kier molecular flexibility index (Phi) is 8.03. The summed E-state index contributed by atoms with van der Waals surface area (Å²) in [5.41, 5.74) is -0.930. The molecule has 0 saturated carbocycles. The number of carbonyl (C=O) groups is 1. The van der Waals surface area contributed by atoms with E-state index >= 15 is 4.39 Å². The van der Waals surface area contributed by atoms with Gasteiger partial charge in [0.15, 0.2) is 5.82 Å². The molecule has 1 aliphatic rings. The number of thiophene rings is 1. The van der Waals surface area contributed by atoms with Gasteiger partial charge in [-0.1, -0.05) is 12.1 Å². The molecule has 0 spiro atoms. The van der Waals surface area contributed by atoms with Gasteiger partial charge in [-0.25, -0.2) is 14.2 Å². The van der Waals surface area contributed by atoms with E-state index in [4.69, 9.17) is 21.1 Å². The van der Waals surface area contributed by atoms with Crippen molar-refractivity contribution in [3.63, 3.8) is 0 Å². The quantitative estimate of drug-likeness (QED) is 0.178. The van der Waals surface area contributed by atoms with Crippen LogP contribution in [0.5, 0.6) is 0 Å². The highest BCUT2D eigenvalue weighted by Crippen LogP contribution is 2.44. The standard InChI is InChI=1S/C28H26ClFIN5O4S/c1-27(2,3)40-26(37)35-24-16(11-32)19-14(6-5-7-18(19)41-24)20-17(31)10-15-22(21(20)30)33-25(29)34-23(15)36-8-9-39-13-28(4,38)12-36/h5-7,10,38H,8-9,12-13H2,1-4H3,(H,35,37). The summed E-state index contributed by atoms with van der Waals surface area (Å²) in [7, 11) is 0. The molecule has 5 rings (SSSR count). The third-order valence-electron chi connectivity index (χ3n) is 6.30. The Morgan fingerprint density at radius 2 is 2.15 bits per heavy atom. The van der Waals surface area contributed by atoms with Crippen LogP contribution in [0.3, 0.4) is 0 Å². The summed E-state index contributed by atoms with van der Waals surface area (Å²) < 4.78 is 28.7. The van der Waals surface area contributed by atoms with Gasteiger partial charge in [-0.05, 0) is 79.6 Å². The van der Waals surface area contributed by atoms with E-state index in [1.165, 1.54) is 11.3 Å². The van der Waals surface area contributed by atoms with E-state index in [0.29, 0.717) is 48.6 Å². The van der Waals surface area contributed by atoms with Crippen molar-refractivity contribution in [2.24, 2.45) is 0 Å². The highest BCUT2D eigenvalue weighted by Gasteiger charge is 2.31. The summed E-state index contributed by atoms with van der Waals surface area (Å²) >= 11 is 9.56. The Labute approximate surface area is 258 Å². The second-order valence-corrected chi connectivity index (χ2v) is 13.5. The fraction of sp³-hybridized carbons (Fsp3) is 0.357. The minimum atomic E-state index is -1.14. The zero-order valence-corrected chi connectivity index (χ0v) is 26.4. The lowest BCUT2D eigenvalue weighted by atomic mass is 9.97. The Morgan fingerprint density at radius 3 is 2.85 bits per heavy atom. The lowest BCUT2D eigenvalue weighted by Gasteiger charge is -2.29. The maximum atomic E-state index is 16.5. The summed E-state index contributed by atoms with van der Waals surface area (Å²) in [6, 6.07) is 9.25. The molecular formula is C28H26ClFIN5O4S. The van der Waals surface area contributed by atoms with Crippen molar-refractivity contribution >= 4 is 83.4 Å². The van der Waals surface area contributed by atoms with Crippen LogP contribution in [0.2, 0.25) is 5.28 Å². The number of amides is 1. The highest BCUT2D eigenvalue weighted by molar-refractivity contribution is 14.1. The number of carbonyl (C=O) groups excluding carboxylic acids is 1. The van der Waals surface area contributed by atoms with Gasteiger partial charge >= 0.3 is 6.09 Å². The van der Waals surface area contributed by atoms with Gasteiger partial charge in [0.05, 0.1) is 25.3 Å². The number of nitrogens with one attached hydrogen (secondary N) is 1. The van der Waals surface area contributed by atoms with E-state index in [0.717, 1.165) is 0 Å². The zero-order chi connectivity index (χ0) is 29.7. The number of benzene rings is 2. The Morgan fingerprint density at radius 1 is 1.39 bits per heavy atom. The smallest absolute Gasteiger partial charge is 0.412 e.